The van der Waals surface area contributed by atoms with Gasteiger partial charge in [0.05, 0.1) is 5.69 Å². The number of fused-ring (bicyclic) bond motifs is 3. The lowest BCUT2D eigenvalue weighted by Crippen LogP contribution is -2.42. The molecule has 5 aliphatic rings. The van der Waals surface area contributed by atoms with Crippen molar-refractivity contribution in [2.45, 2.75) is 69.1 Å². The first-order valence-corrected chi connectivity index (χ1v) is 22.6. The lowest BCUT2D eigenvalue weighted by atomic mass is 9.57. The van der Waals surface area contributed by atoms with E-state index in [-0.39, 0.29) is 5.41 Å². The fourth-order valence-corrected chi connectivity index (χ4v) is 12.9. The standard InChI is InChI=1S/C57H52N2O/c1-4-13-40(14-5-1)41-23-29-49(30-24-41)59(54-21-12-20-52-51-19-10-11-22-55(51)60-56(52)54)50-33-27-44(28-34-50)57(45-36-39-35-42(38-45)53(57)37-39)43-25-31-48(32-26-43)58(46-15-6-2-7-16-46)47-17-8-3-9-18-47/h2-3,6-12,15-34,39-40,42,45,53H,1,4-5,13-14,35-38H2. The van der Waals surface area contributed by atoms with E-state index in [2.05, 4.69) is 186 Å². The summed E-state index contributed by atoms with van der Waals surface area (Å²) in [7, 11) is 0. The molecular weight excluding hydrogens is 729 g/mol. The first-order valence-electron chi connectivity index (χ1n) is 22.6. The van der Waals surface area contributed by atoms with Crippen molar-refractivity contribution in [3.8, 4) is 0 Å². The summed E-state index contributed by atoms with van der Waals surface area (Å²) in [5.74, 6) is 3.69. The van der Waals surface area contributed by atoms with Gasteiger partial charge in [-0.1, -0.05) is 122 Å². The summed E-state index contributed by atoms with van der Waals surface area (Å²) in [5, 5.41) is 2.31. The molecule has 5 unspecified atom stereocenters. The number of para-hydroxylation sites is 4. The van der Waals surface area contributed by atoms with Crippen LogP contribution in [0.3, 0.4) is 0 Å². The Morgan fingerprint density at radius 3 is 1.67 bits per heavy atom. The van der Waals surface area contributed by atoms with E-state index in [1.807, 2.05) is 0 Å². The highest BCUT2D eigenvalue weighted by Gasteiger charge is 2.63. The Bertz CT molecular complexity index is 2720. The van der Waals surface area contributed by atoms with Crippen LogP contribution in [-0.4, -0.2) is 0 Å². The molecule has 0 spiro atoms. The van der Waals surface area contributed by atoms with Gasteiger partial charge in [0.1, 0.15) is 5.58 Å². The Morgan fingerprint density at radius 1 is 0.450 bits per heavy atom. The average molecular weight is 781 g/mol. The van der Waals surface area contributed by atoms with E-state index in [4.69, 9.17) is 4.42 Å². The van der Waals surface area contributed by atoms with Crippen molar-refractivity contribution in [1.29, 1.82) is 0 Å². The summed E-state index contributed by atoms with van der Waals surface area (Å²) in [4.78, 5) is 4.82. The molecule has 60 heavy (non-hydrogen) atoms. The van der Waals surface area contributed by atoms with Crippen LogP contribution in [0.25, 0.3) is 21.9 Å². The number of anilines is 6. The van der Waals surface area contributed by atoms with E-state index >= 15 is 0 Å². The molecule has 3 heteroatoms. The first kappa shape index (κ1) is 35.8. The maximum atomic E-state index is 6.71. The fraction of sp³-hybridized carbons (Fsp3) is 0.263. The van der Waals surface area contributed by atoms with Gasteiger partial charge in [-0.05, 0) is 158 Å². The fourth-order valence-electron chi connectivity index (χ4n) is 12.9. The van der Waals surface area contributed by atoms with Gasteiger partial charge in [0, 0.05) is 44.6 Å². The largest absolute Gasteiger partial charge is 0.454 e. The highest BCUT2D eigenvalue weighted by Crippen LogP contribution is 2.69. The van der Waals surface area contributed by atoms with Crippen molar-refractivity contribution >= 4 is 56.1 Å². The Labute approximate surface area is 354 Å². The van der Waals surface area contributed by atoms with Gasteiger partial charge in [-0.3, -0.25) is 0 Å². The van der Waals surface area contributed by atoms with Crippen LogP contribution in [0, 0.1) is 23.7 Å². The normalized spacial score (nSPS) is 23.4. The van der Waals surface area contributed by atoms with Crippen molar-refractivity contribution < 1.29 is 4.42 Å². The van der Waals surface area contributed by atoms with Crippen LogP contribution in [-0.2, 0) is 5.41 Å². The Hall–Kier alpha value is -6.06. The summed E-state index contributed by atoms with van der Waals surface area (Å²) in [5.41, 5.74) is 13.3. The lowest BCUT2D eigenvalue weighted by molar-refractivity contribution is 0.187. The Kier molecular flexibility index (Phi) is 8.72. The molecule has 5 saturated carbocycles. The van der Waals surface area contributed by atoms with Crippen LogP contribution in [0.2, 0.25) is 0 Å². The van der Waals surface area contributed by atoms with Gasteiger partial charge in [-0.25, -0.2) is 0 Å². The molecule has 5 aliphatic carbocycles. The topological polar surface area (TPSA) is 19.6 Å². The molecule has 8 aromatic rings. The third-order valence-corrected chi connectivity index (χ3v) is 15.3. The Morgan fingerprint density at radius 2 is 1.02 bits per heavy atom. The number of hydrogen-bond donors (Lipinski definition) is 0. The smallest absolute Gasteiger partial charge is 0.159 e. The molecule has 13 rings (SSSR count). The third kappa shape index (κ3) is 5.76. The van der Waals surface area contributed by atoms with Crippen molar-refractivity contribution in [1.82, 2.24) is 0 Å². The predicted octanol–water partition coefficient (Wildman–Crippen LogP) is 15.9. The van der Waals surface area contributed by atoms with E-state index in [9.17, 15) is 0 Å². The molecular formula is C57H52N2O. The SMILES string of the molecule is c1ccc(N(c2ccccc2)c2ccc(C3(c4ccc(N(c5ccc(C6CCCCC6)cc5)c5cccc6c5oc5ccccc56)cc4)C4CC5CC(C4)C3C5)cc2)cc1. The molecule has 0 aliphatic heterocycles. The molecule has 0 saturated heterocycles. The highest BCUT2D eigenvalue weighted by atomic mass is 16.3. The van der Waals surface area contributed by atoms with E-state index in [1.165, 1.54) is 97.2 Å². The van der Waals surface area contributed by atoms with Crippen LogP contribution in [0.1, 0.15) is 80.4 Å². The van der Waals surface area contributed by atoms with Gasteiger partial charge in [0.15, 0.2) is 5.58 Å². The summed E-state index contributed by atoms with van der Waals surface area (Å²) in [6, 6.07) is 65.7. The minimum atomic E-state index is 0.00424. The molecule has 4 bridgehead atoms. The number of benzene rings is 7. The highest BCUT2D eigenvalue weighted by molar-refractivity contribution is 6.10. The molecule has 0 amide bonds. The number of nitrogens with zero attached hydrogens (tertiary/aromatic N) is 2. The van der Waals surface area contributed by atoms with Gasteiger partial charge in [0.25, 0.3) is 0 Å². The molecule has 1 aromatic heterocycles. The van der Waals surface area contributed by atoms with Crippen molar-refractivity contribution in [2.75, 3.05) is 9.80 Å². The molecule has 5 atom stereocenters. The van der Waals surface area contributed by atoms with Crippen molar-refractivity contribution in [3.63, 3.8) is 0 Å². The Balaban J connectivity index is 0.964. The number of hydrogen-bond acceptors (Lipinski definition) is 3. The summed E-state index contributed by atoms with van der Waals surface area (Å²) >= 11 is 0. The number of rotatable bonds is 9. The number of furan rings is 1. The second-order valence-electron chi connectivity index (χ2n) is 18.4. The third-order valence-electron chi connectivity index (χ3n) is 15.3. The minimum absolute atomic E-state index is 0.00424. The molecule has 296 valence electrons. The van der Waals surface area contributed by atoms with Gasteiger partial charge in [-0.15, -0.1) is 0 Å². The summed E-state index contributed by atoms with van der Waals surface area (Å²) < 4.78 is 6.71. The zero-order chi connectivity index (χ0) is 39.6. The maximum absolute atomic E-state index is 6.71. The van der Waals surface area contributed by atoms with E-state index in [0.717, 1.165) is 45.1 Å². The summed E-state index contributed by atoms with van der Waals surface area (Å²) in [6.07, 6.45) is 12.1. The second-order valence-corrected chi connectivity index (χ2v) is 18.4. The van der Waals surface area contributed by atoms with Gasteiger partial charge < -0.3 is 14.2 Å². The van der Waals surface area contributed by atoms with Crippen molar-refractivity contribution in [3.05, 3.63) is 193 Å². The average Bonchev–Trinajstić information content (AvgIpc) is 3.92. The molecule has 3 nitrogen and oxygen atoms in total. The van der Waals surface area contributed by atoms with Crippen LogP contribution < -0.4 is 9.80 Å². The zero-order valence-corrected chi connectivity index (χ0v) is 34.3. The first-order chi connectivity index (χ1) is 29.7. The van der Waals surface area contributed by atoms with Crippen LogP contribution >= 0.6 is 0 Å². The molecule has 1 heterocycles. The summed E-state index contributed by atoms with van der Waals surface area (Å²) in [6.45, 7) is 0. The second kappa shape index (κ2) is 14.6. The van der Waals surface area contributed by atoms with Crippen molar-refractivity contribution in [2.24, 2.45) is 23.7 Å². The monoisotopic (exact) mass is 780 g/mol. The van der Waals surface area contributed by atoms with Gasteiger partial charge in [0.2, 0.25) is 0 Å². The minimum Gasteiger partial charge on any atom is -0.454 e. The quantitative estimate of drug-likeness (QED) is 0.145. The maximum Gasteiger partial charge on any atom is 0.159 e. The lowest BCUT2D eigenvalue weighted by Gasteiger charge is -2.46. The predicted molar refractivity (Wildman–Crippen MR) is 249 cm³/mol. The van der Waals surface area contributed by atoms with Gasteiger partial charge >= 0.3 is 0 Å². The van der Waals surface area contributed by atoms with E-state index in [0.29, 0.717) is 17.8 Å². The van der Waals surface area contributed by atoms with E-state index < -0.39 is 0 Å². The van der Waals surface area contributed by atoms with Gasteiger partial charge in [-0.2, -0.15) is 0 Å². The van der Waals surface area contributed by atoms with Crippen LogP contribution in [0.4, 0.5) is 34.1 Å². The van der Waals surface area contributed by atoms with Crippen LogP contribution in [0.15, 0.2) is 180 Å². The molecule has 7 aromatic carbocycles. The zero-order valence-electron chi connectivity index (χ0n) is 34.3. The molecule has 0 radical (unpaired) electrons. The van der Waals surface area contributed by atoms with Crippen LogP contribution in [0.5, 0.6) is 0 Å². The molecule has 5 fully saturated rings. The molecule has 0 N–H and O–H groups in total. The van der Waals surface area contributed by atoms with E-state index in [1.54, 1.807) is 0 Å².